The Morgan fingerprint density at radius 3 is 2.25 bits per heavy atom. The molecule has 6 heteroatoms. The Kier molecular flexibility index (Phi) is 7.55. The quantitative estimate of drug-likeness (QED) is 0.261. The minimum atomic E-state index is -0.150. The second kappa shape index (κ2) is 10.6. The molecule has 0 spiro atoms. The average molecular weight is 491 g/mol. The lowest BCUT2D eigenvalue weighted by atomic mass is 9.92. The van der Waals surface area contributed by atoms with Crippen molar-refractivity contribution in [1.82, 2.24) is 0 Å². The maximum absolute atomic E-state index is 14.1. The van der Waals surface area contributed by atoms with Gasteiger partial charge in [0.05, 0.1) is 33.0 Å². The number of aryl methyl sites for hydroxylation is 1. The second-order valence-corrected chi connectivity index (χ2v) is 9.28. The van der Waals surface area contributed by atoms with Crippen LogP contribution in [0, 0.1) is 12.8 Å². The van der Waals surface area contributed by atoms with Crippen molar-refractivity contribution in [2.45, 2.75) is 40.7 Å². The van der Waals surface area contributed by atoms with Gasteiger partial charge in [-0.3, -0.25) is 4.79 Å². The van der Waals surface area contributed by atoms with Crippen LogP contribution >= 0.6 is 0 Å². The van der Waals surface area contributed by atoms with Gasteiger partial charge in [0.25, 0.3) is 0 Å². The molecule has 0 fully saturated rings. The van der Waals surface area contributed by atoms with E-state index in [2.05, 4.69) is 13.8 Å². The molecule has 4 rings (SSSR count). The molecule has 0 aliphatic heterocycles. The van der Waals surface area contributed by atoms with Crippen LogP contribution in [-0.2, 0) is 17.8 Å². The molecule has 0 atom stereocenters. The van der Waals surface area contributed by atoms with E-state index in [9.17, 15) is 4.79 Å². The molecule has 4 aromatic rings. The molecule has 0 bridgehead atoms. The minimum absolute atomic E-state index is 0.150. The maximum atomic E-state index is 14.1. The highest BCUT2D eigenvalue weighted by Crippen LogP contribution is 2.43. The number of hydrogen-bond donors (Lipinski definition) is 0. The van der Waals surface area contributed by atoms with Crippen LogP contribution in [0.4, 0.5) is 0 Å². The van der Waals surface area contributed by atoms with Crippen LogP contribution in [0.5, 0.6) is 17.2 Å². The minimum Gasteiger partial charge on any atom is -0.494 e. The van der Waals surface area contributed by atoms with E-state index in [1.165, 1.54) is 0 Å². The van der Waals surface area contributed by atoms with Gasteiger partial charge in [0.2, 0.25) is 5.43 Å². The molecule has 0 saturated carbocycles. The topological polar surface area (TPSA) is 67.1 Å². The molecule has 1 aromatic heterocycles. The highest BCUT2D eigenvalue weighted by molar-refractivity contribution is 5.95. The summed E-state index contributed by atoms with van der Waals surface area (Å²) in [6, 6.07) is 11.9. The molecule has 3 aromatic carbocycles. The Morgan fingerprint density at radius 1 is 0.917 bits per heavy atom. The first-order valence-corrected chi connectivity index (χ1v) is 12.2. The monoisotopic (exact) mass is 490 g/mol. The molecule has 0 N–H and O–H groups in total. The summed E-state index contributed by atoms with van der Waals surface area (Å²) in [5.41, 5.74) is 3.42. The summed E-state index contributed by atoms with van der Waals surface area (Å²) in [5, 5.41) is 2.43. The lowest BCUT2D eigenvalue weighted by molar-refractivity contribution is 0.180. The number of fused-ring (bicyclic) bond motifs is 2. The smallest absolute Gasteiger partial charge is 0.204 e. The number of rotatable bonds is 9. The fourth-order valence-corrected chi connectivity index (χ4v) is 4.89. The Hall–Kier alpha value is -3.51. The van der Waals surface area contributed by atoms with E-state index in [0.29, 0.717) is 59.3 Å². The average Bonchev–Trinajstić information content (AvgIpc) is 2.85. The first-order chi connectivity index (χ1) is 17.3. The Bertz CT molecular complexity index is 1460. The number of hydrogen-bond acceptors (Lipinski definition) is 6. The van der Waals surface area contributed by atoms with Crippen molar-refractivity contribution in [3.05, 3.63) is 63.5 Å². The highest BCUT2D eigenvalue weighted by Gasteiger charge is 2.27. The predicted molar refractivity (Wildman–Crippen MR) is 144 cm³/mol. The molecule has 0 aliphatic carbocycles. The van der Waals surface area contributed by atoms with Crippen LogP contribution in [0.25, 0.3) is 32.9 Å². The van der Waals surface area contributed by atoms with Gasteiger partial charge in [-0.05, 0) is 60.7 Å². The molecular formula is C30H34O6. The highest BCUT2D eigenvalue weighted by atomic mass is 16.5. The van der Waals surface area contributed by atoms with Crippen LogP contribution in [0.2, 0.25) is 0 Å². The van der Waals surface area contributed by atoms with E-state index in [1.54, 1.807) is 21.3 Å². The van der Waals surface area contributed by atoms with Crippen molar-refractivity contribution in [1.29, 1.82) is 0 Å². The van der Waals surface area contributed by atoms with Gasteiger partial charge in [-0.25, -0.2) is 0 Å². The summed E-state index contributed by atoms with van der Waals surface area (Å²) in [6.07, 6.45) is 0.704. The van der Waals surface area contributed by atoms with Crippen LogP contribution in [0.15, 0.2) is 45.6 Å². The molecule has 0 aliphatic rings. The van der Waals surface area contributed by atoms with Crippen molar-refractivity contribution in [3.8, 4) is 28.4 Å². The van der Waals surface area contributed by atoms with Crippen molar-refractivity contribution >= 4 is 21.7 Å². The molecule has 1 heterocycles. The van der Waals surface area contributed by atoms with Crippen molar-refractivity contribution in [3.63, 3.8) is 0 Å². The Morgan fingerprint density at radius 2 is 1.61 bits per heavy atom. The SMILES string of the molecule is CCOc1ccc2cc(-c3c(C)oc4c(CC(C)C)c(COC)c(OC)c(OC)c4c3=O)ccc2c1. The van der Waals surface area contributed by atoms with Crippen molar-refractivity contribution in [2.24, 2.45) is 5.92 Å². The largest absolute Gasteiger partial charge is 0.494 e. The van der Waals surface area contributed by atoms with Crippen LogP contribution in [0.1, 0.15) is 37.7 Å². The zero-order chi connectivity index (χ0) is 26.0. The van der Waals surface area contributed by atoms with Gasteiger partial charge in [-0.1, -0.05) is 32.0 Å². The van der Waals surface area contributed by atoms with Gasteiger partial charge >= 0.3 is 0 Å². The summed E-state index contributed by atoms with van der Waals surface area (Å²) < 4.78 is 29.1. The molecule has 36 heavy (non-hydrogen) atoms. The third-order valence-electron chi connectivity index (χ3n) is 6.35. The fourth-order valence-electron chi connectivity index (χ4n) is 4.89. The van der Waals surface area contributed by atoms with E-state index >= 15 is 0 Å². The van der Waals surface area contributed by atoms with Gasteiger partial charge in [0, 0.05) is 18.2 Å². The van der Waals surface area contributed by atoms with Crippen LogP contribution in [0.3, 0.4) is 0 Å². The Balaban J connectivity index is 2.03. The lowest BCUT2D eigenvalue weighted by Crippen LogP contribution is -2.14. The summed E-state index contributed by atoms with van der Waals surface area (Å²) in [4.78, 5) is 14.1. The van der Waals surface area contributed by atoms with E-state index in [-0.39, 0.29) is 5.43 Å². The first-order valence-electron chi connectivity index (χ1n) is 12.2. The predicted octanol–water partition coefficient (Wildman–Crippen LogP) is 6.68. The molecular weight excluding hydrogens is 456 g/mol. The zero-order valence-electron chi connectivity index (χ0n) is 22.1. The van der Waals surface area contributed by atoms with Gasteiger partial charge in [-0.2, -0.15) is 0 Å². The third kappa shape index (κ3) is 4.53. The van der Waals surface area contributed by atoms with E-state index in [1.807, 2.05) is 50.2 Å². The molecule has 0 unspecified atom stereocenters. The number of benzene rings is 3. The molecule has 0 radical (unpaired) electrons. The summed E-state index contributed by atoms with van der Waals surface area (Å²) >= 11 is 0. The lowest BCUT2D eigenvalue weighted by Gasteiger charge is -2.21. The summed E-state index contributed by atoms with van der Waals surface area (Å²) in [7, 11) is 4.76. The third-order valence-corrected chi connectivity index (χ3v) is 6.35. The van der Waals surface area contributed by atoms with Crippen LogP contribution < -0.4 is 19.6 Å². The van der Waals surface area contributed by atoms with Gasteiger partial charge < -0.3 is 23.4 Å². The normalized spacial score (nSPS) is 11.4. The summed E-state index contributed by atoms with van der Waals surface area (Å²) in [5.74, 6) is 2.57. The molecule has 6 nitrogen and oxygen atoms in total. The fraction of sp³-hybridized carbons (Fsp3) is 0.367. The van der Waals surface area contributed by atoms with E-state index in [0.717, 1.165) is 33.2 Å². The molecule has 190 valence electrons. The van der Waals surface area contributed by atoms with Crippen LogP contribution in [-0.4, -0.2) is 27.9 Å². The summed E-state index contributed by atoms with van der Waals surface area (Å²) in [6.45, 7) is 8.98. The van der Waals surface area contributed by atoms with Gasteiger partial charge in [0.1, 0.15) is 22.5 Å². The van der Waals surface area contributed by atoms with E-state index < -0.39 is 0 Å². The molecule has 0 saturated heterocycles. The van der Waals surface area contributed by atoms with Gasteiger partial charge in [-0.15, -0.1) is 0 Å². The zero-order valence-corrected chi connectivity index (χ0v) is 22.1. The molecule has 0 amide bonds. The Labute approximate surface area is 211 Å². The van der Waals surface area contributed by atoms with Crippen molar-refractivity contribution < 1.29 is 23.4 Å². The standard InChI is InChI=1S/C30H34O6/c1-8-35-22-12-11-19-14-21(10-9-20(19)15-22)25-18(4)36-28-23(13-17(2)3)24(16-32-5)29(33-6)30(34-7)26(28)27(25)31/h9-12,14-15,17H,8,13,16H2,1-7H3. The van der Waals surface area contributed by atoms with E-state index in [4.69, 9.17) is 23.4 Å². The maximum Gasteiger partial charge on any atom is 0.204 e. The van der Waals surface area contributed by atoms with Crippen molar-refractivity contribution in [2.75, 3.05) is 27.9 Å². The number of methoxy groups -OCH3 is 3. The first kappa shape index (κ1) is 25.6. The van der Waals surface area contributed by atoms with Gasteiger partial charge in [0.15, 0.2) is 11.5 Å². The second-order valence-electron chi connectivity index (χ2n) is 9.28. The number of ether oxygens (including phenoxy) is 4.